The van der Waals surface area contributed by atoms with Crippen LogP contribution in [0.2, 0.25) is 10.0 Å². The number of esters is 1. The Balaban J connectivity index is 1.95. The van der Waals surface area contributed by atoms with E-state index in [1.807, 2.05) is 26.0 Å². The molecule has 0 radical (unpaired) electrons. The van der Waals surface area contributed by atoms with E-state index in [1.165, 1.54) is 18.2 Å². The van der Waals surface area contributed by atoms with Crippen LogP contribution >= 0.6 is 39.1 Å². The van der Waals surface area contributed by atoms with Gasteiger partial charge in [0.15, 0.2) is 6.61 Å². The van der Waals surface area contributed by atoms with Crippen LogP contribution in [0, 0.1) is 13.8 Å². The zero-order valence-corrected chi connectivity index (χ0v) is 16.1. The molecule has 0 fully saturated rings. The summed E-state index contributed by atoms with van der Waals surface area (Å²) in [7, 11) is 0. The molecule has 0 atom stereocenters. The van der Waals surface area contributed by atoms with Gasteiger partial charge in [0.2, 0.25) is 0 Å². The molecule has 1 amide bonds. The molecule has 0 unspecified atom stereocenters. The summed E-state index contributed by atoms with van der Waals surface area (Å²) in [5, 5.41) is 3.28. The Morgan fingerprint density at radius 3 is 2.29 bits per heavy atom. The number of halogens is 3. The van der Waals surface area contributed by atoms with Gasteiger partial charge in [-0.05, 0) is 55.3 Å². The number of hydrogen-bond acceptors (Lipinski definition) is 3. The summed E-state index contributed by atoms with van der Waals surface area (Å²) in [5.74, 6) is -1.07. The van der Waals surface area contributed by atoms with Crippen molar-refractivity contribution in [3.05, 3.63) is 61.5 Å². The van der Waals surface area contributed by atoms with Crippen molar-refractivity contribution in [2.24, 2.45) is 0 Å². The quantitative estimate of drug-likeness (QED) is 0.680. The van der Waals surface area contributed by atoms with Crippen LogP contribution in [0.15, 0.2) is 34.8 Å². The maximum atomic E-state index is 11.9. The summed E-state index contributed by atoms with van der Waals surface area (Å²) < 4.78 is 5.97. The number of ether oxygens (including phenoxy) is 1. The van der Waals surface area contributed by atoms with E-state index in [4.69, 9.17) is 27.9 Å². The first-order chi connectivity index (χ1) is 11.3. The average Bonchev–Trinajstić information content (AvgIpc) is 2.52. The van der Waals surface area contributed by atoms with Gasteiger partial charge in [-0.2, -0.15) is 0 Å². The van der Waals surface area contributed by atoms with Gasteiger partial charge in [0.05, 0.1) is 15.6 Å². The van der Waals surface area contributed by atoms with Crippen LogP contribution in [0.1, 0.15) is 21.5 Å². The Labute approximate surface area is 158 Å². The first kappa shape index (κ1) is 18.8. The summed E-state index contributed by atoms with van der Waals surface area (Å²) >= 11 is 15.1. The number of benzene rings is 2. The predicted molar refractivity (Wildman–Crippen MR) is 99.0 cm³/mol. The molecule has 1 N–H and O–H groups in total. The summed E-state index contributed by atoms with van der Waals surface area (Å²) in [4.78, 5) is 23.8. The molecule has 7 heteroatoms. The highest BCUT2D eigenvalue weighted by atomic mass is 79.9. The van der Waals surface area contributed by atoms with E-state index in [0.717, 1.165) is 15.6 Å². The number of nitrogens with one attached hydrogen (secondary N) is 1. The van der Waals surface area contributed by atoms with Gasteiger partial charge in [0.25, 0.3) is 5.91 Å². The second kappa shape index (κ2) is 8.01. The molecule has 0 aliphatic carbocycles. The molecule has 2 aromatic rings. The van der Waals surface area contributed by atoms with Crippen molar-refractivity contribution in [1.82, 2.24) is 0 Å². The Bertz CT molecular complexity index is 785. The summed E-state index contributed by atoms with van der Waals surface area (Å²) in [6.45, 7) is 3.46. The number of amides is 1. The number of hydrogen-bond donors (Lipinski definition) is 1. The topological polar surface area (TPSA) is 55.4 Å². The van der Waals surface area contributed by atoms with E-state index < -0.39 is 18.5 Å². The molecule has 0 aromatic heterocycles. The molecule has 0 heterocycles. The molecule has 0 saturated carbocycles. The largest absolute Gasteiger partial charge is 0.452 e. The van der Waals surface area contributed by atoms with Crippen LogP contribution in [-0.2, 0) is 9.53 Å². The second-order valence-electron chi connectivity index (χ2n) is 5.18. The van der Waals surface area contributed by atoms with Crippen molar-refractivity contribution in [2.75, 3.05) is 11.9 Å². The van der Waals surface area contributed by atoms with E-state index in [1.54, 1.807) is 0 Å². The third-order valence-corrected chi connectivity index (χ3v) is 5.20. The molecule has 0 bridgehead atoms. The van der Waals surface area contributed by atoms with Crippen LogP contribution in [0.4, 0.5) is 5.69 Å². The van der Waals surface area contributed by atoms with Crippen molar-refractivity contribution < 1.29 is 14.3 Å². The van der Waals surface area contributed by atoms with E-state index in [-0.39, 0.29) is 10.6 Å². The lowest BCUT2D eigenvalue weighted by molar-refractivity contribution is -0.119. The number of anilines is 1. The van der Waals surface area contributed by atoms with E-state index in [2.05, 4.69) is 21.2 Å². The van der Waals surface area contributed by atoms with E-state index >= 15 is 0 Å². The Morgan fingerprint density at radius 2 is 1.71 bits per heavy atom. The number of aryl methyl sites for hydroxylation is 2. The molecule has 24 heavy (non-hydrogen) atoms. The molecular weight excluding hydrogens is 417 g/mol. The predicted octanol–water partition coefficient (Wildman–Crippen LogP) is 5.17. The molecule has 0 aliphatic rings. The van der Waals surface area contributed by atoms with Gasteiger partial charge < -0.3 is 10.1 Å². The fourth-order valence-electron chi connectivity index (χ4n) is 2.05. The Morgan fingerprint density at radius 1 is 1.08 bits per heavy atom. The average molecular weight is 431 g/mol. The molecule has 2 aromatic carbocycles. The van der Waals surface area contributed by atoms with Crippen LogP contribution in [-0.4, -0.2) is 18.5 Å². The summed E-state index contributed by atoms with van der Waals surface area (Å²) in [5.41, 5.74) is 2.87. The van der Waals surface area contributed by atoms with Crippen LogP contribution in [0.5, 0.6) is 0 Å². The lowest BCUT2D eigenvalue weighted by Gasteiger charge is -2.10. The molecule has 126 valence electrons. The van der Waals surface area contributed by atoms with Crippen molar-refractivity contribution >= 4 is 56.7 Å². The number of rotatable bonds is 4. The molecule has 0 spiro atoms. The third kappa shape index (κ3) is 4.72. The normalized spacial score (nSPS) is 10.4. The summed E-state index contributed by atoms with van der Waals surface area (Å²) in [6, 6.07) is 8.03. The SMILES string of the molecule is Cc1cc(NC(=O)COC(=O)c2ccc(Cl)c(Cl)c2)cc(C)c1Br. The van der Waals surface area contributed by atoms with Crippen molar-refractivity contribution in [3.8, 4) is 0 Å². The fraction of sp³-hybridized carbons (Fsp3) is 0.176. The second-order valence-corrected chi connectivity index (χ2v) is 6.78. The zero-order valence-electron chi connectivity index (χ0n) is 13.0. The van der Waals surface area contributed by atoms with Gasteiger partial charge in [-0.1, -0.05) is 39.1 Å². The van der Waals surface area contributed by atoms with Gasteiger partial charge in [0, 0.05) is 10.2 Å². The first-order valence-electron chi connectivity index (χ1n) is 6.96. The monoisotopic (exact) mass is 429 g/mol. The lowest BCUT2D eigenvalue weighted by atomic mass is 10.1. The maximum Gasteiger partial charge on any atom is 0.338 e. The lowest BCUT2D eigenvalue weighted by Crippen LogP contribution is -2.21. The Kier molecular flexibility index (Phi) is 6.27. The van der Waals surface area contributed by atoms with Crippen molar-refractivity contribution in [3.63, 3.8) is 0 Å². The third-order valence-electron chi connectivity index (χ3n) is 3.21. The molecule has 0 saturated heterocycles. The van der Waals surface area contributed by atoms with Crippen LogP contribution in [0.3, 0.4) is 0 Å². The highest BCUT2D eigenvalue weighted by Gasteiger charge is 2.12. The minimum absolute atomic E-state index is 0.229. The first-order valence-corrected chi connectivity index (χ1v) is 8.51. The minimum atomic E-state index is -0.646. The number of carbonyl (C=O) groups excluding carboxylic acids is 2. The van der Waals surface area contributed by atoms with Gasteiger partial charge in [-0.3, -0.25) is 4.79 Å². The fourth-order valence-corrected chi connectivity index (χ4v) is 2.58. The molecular formula is C17H14BrCl2NO3. The standard InChI is InChI=1S/C17H14BrCl2NO3/c1-9-5-12(6-10(2)16(9)18)21-15(22)8-24-17(23)11-3-4-13(19)14(20)7-11/h3-7H,8H2,1-2H3,(H,21,22). The Hall–Kier alpha value is -1.56. The van der Waals surface area contributed by atoms with Gasteiger partial charge in [-0.25, -0.2) is 4.79 Å². The van der Waals surface area contributed by atoms with E-state index in [9.17, 15) is 9.59 Å². The summed E-state index contributed by atoms with van der Waals surface area (Å²) in [6.07, 6.45) is 0. The molecule has 4 nitrogen and oxygen atoms in total. The highest BCUT2D eigenvalue weighted by molar-refractivity contribution is 9.10. The van der Waals surface area contributed by atoms with Gasteiger partial charge in [-0.15, -0.1) is 0 Å². The molecule has 2 rings (SSSR count). The van der Waals surface area contributed by atoms with Crippen LogP contribution < -0.4 is 5.32 Å². The van der Waals surface area contributed by atoms with Crippen molar-refractivity contribution in [2.45, 2.75) is 13.8 Å². The van der Waals surface area contributed by atoms with Crippen molar-refractivity contribution in [1.29, 1.82) is 0 Å². The van der Waals surface area contributed by atoms with E-state index in [0.29, 0.717) is 10.7 Å². The maximum absolute atomic E-state index is 11.9. The van der Waals surface area contributed by atoms with Gasteiger partial charge in [0.1, 0.15) is 0 Å². The smallest absolute Gasteiger partial charge is 0.338 e. The minimum Gasteiger partial charge on any atom is -0.452 e. The highest BCUT2D eigenvalue weighted by Crippen LogP contribution is 2.25. The molecule has 0 aliphatic heterocycles. The van der Waals surface area contributed by atoms with Crippen LogP contribution in [0.25, 0.3) is 0 Å². The number of carbonyl (C=O) groups is 2. The zero-order chi connectivity index (χ0) is 17.9. The van der Waals surface area contributed by atoms with Gasteiger partial charge >= 0.3 is 5.97 Å².